The average Bonchev–Trinajstić information content (AvgIpc) is 2.77. The van der Waals surface area contributed by atoms with E-state index in [1.165, 1.54) is 0 Å². The van der Waals surface area contributed by atoms with Gasteiger partial charge in [0.1, 0.15) is 0 Å². The first-order valence-electron chi connectivity index (χ1n) is 5.67. The van der Waals surface area contributed by atoms with Crippen molar-refractivity contribution in [3.8, 4) is 0 Å². The van der Waals surface area contributed by atoms with Gasteiger partial charge in [0.25, 0.3) is 0 Å². The quantitative estimate of drug-likeness (QED) is 0.687. The number of anilines is 1. The highest BCUT2D eigenvalue weighted by molar-refractivity contribution is 5.85. The SMILES string of the molecule is Cl.O=c1[nH]c2ccc(NCc3ccccn3)cc2[nH]1. The summed E-state index contributed by atoms with van der Waals surface area (Å²) in [5.74, 6) is 0. The van der Waals surface area contributed by atoms with Gasteiger partial charge >= 0.3 is 5.69 Å². The van der Waals surface area contributed by atoms with Crippen LogP contribution in [0.15, 0.2) is 47.4 Å². The van der Waals surface area contributed by atoms with Gasteiger partial charge in [0.2, 0.25) is 0 Å². The van der Waals surface area contributed by atoms with Crippen LogP contribution in [0.25, 0.3) is 11.0 Å². The maximum atomic E-state index is 11.1. The van der Waals surface area contributed by atoms with E-state index in [0.717, 1.165) is 22.4 Å². The Bertz CT molecular complexity index is 720. The van der Waals surface area contributed by atoms with Gasteiger partial charge in [-0.3, -0.25) is 4.98 Å². The molecule has 0 saturated carbocycles. The fourth-order valence-electron chi connectivity index (χ4n) is 1.84. The Morgan fingerprint density at radius 3 is 2.74 bits per heavy atom. The summed E-state index contributed by atoms with van der Waals surface area (Å²) >= 11 is 0. The molecular weight excluding hydrogens is 264 g/mol. The molecule has 3 rings (SSSR count). The summed E-state index contributed by atoms with van der Waals surface area (Å²) in [6, 6.07) is 11.5. The predicted octanol–water partition coefficient (Wildman–Crippen LogP) is 2.29. The minimum atomic E-state index is -0.188. The Balaban J connectivity index is 0.00000133. The van der Waals surface area contributed by atoms with E-state index in [-0.39, 0.29) is 18.1 Å². The molecule has 0 aliphatic carbocycles. The molecule has 0 aliphatic rings. The van der Waals surface area contributed by atoms with E-state index in [1.54, 1.807) is 6.20 Å². The lowest BCUT2D eigenvalue weighted by atomic mass is 10.2. The number of aromatic amines is 2. The summed E-state index contributed by atoms with van der Waals surface area (Å²) in [7, 11) is 0. The maximum absolute atomic E-state index is 11.1. The normalized spacial score (nSPS) is 10.1. The third-order valence-electron chi connectivity index (χ3n) is 2.72. The highest BCUT2D eigenvalue weighted by atomic mass is 35.5. The first kappa shape index (κ1) is 13.2. The van der Waals surface area contributed by atoms with Gasteiger partial charge in [-0.25, -0.2) is 4.79 Å². The number of hydrogen-bond acceptors (Lipinski definition) is 3. The fourth-order valence-corrected chi connectivity index (χ4v) is 1.84. The number of rotatable bonds is 3. The summed E-state index contributed by atoms with van der Waals surface area (Å²) in [5.41, 5.74) is 3.34. The van der Waals surface area contributed by atoms with Crippen molar-refractivity contribution in [3.63, 3.8) is 0 Å². The van der Waals surface area contributed by atoms with Crippen molar-refractivity contribution in [1.82, 2.24) is 15.0 Å². The van der Waals surface area contributed by atoms with Gasteiger partial charge < -0.3 is 15.3 Å². The van der Waals surface area contributed by atoms with Crippen molar-refractivity contribution in [2.45, 2.75) is 6.54 Å². The standard InChI is InChI=1S/C13H12N4O.ClH/c18-13-16-11-5-4-9(7-12(11)17-13)15-8-10-3-1-2-6-14-10;/h1-7,15H,8H2,(H2,16,17,18);1H. The van der Waals surface area contributed by atoms with Crippen LogP contribution in [0.4, 0.5) is 5.69 Å². The Morgan fingerprint density at radius 1 is 1.11 bits per heavy atom. The highest BCUT2D eigenvalue weighted by Gasteiger charge is 2.00. The summed E-state index contributed by atoms with van der Waals surface area (Å²) in [5, 5.41) is 3.26. The van der Waals surface area contributed by atoms with Gasteiger partial charge in [-0.2, -0.15) is 0 Å². The number of halogens is 1. The van der Waals surface area contributed by atoms with Crippen molar-refractivity contribution in [2.24, 2.45) is 0 Å². The van der Waals surface area contributed by atoms with Gasteiger partial charge in [0.15, 0.2) is 0 Å². The smallest absolute Gasteiger partial charge is 0.323 e. The van der Waals surface area contributed by atoms with Crippen LogP contribution in [0.1, 0.15) is 5.69 Å². The number of nitrogens with zero attached hydrogens (tertiary/aromatic N) is 1. The molecule has 98 valence electrons. The molecule has 0 bridgehead atoms. The van der Waals surface area contributed by atoms with Crippen LogP contribution in [-0.2, 0) is 6.54 Å². The van der Waals surface area contributed by atoms with Crippen LogP contribution in [0.5, 0.6) is 0 Å². The van der Waals surface area contributed by atoms with E-state index in [2.05, 4.69) is 20.3 Å². The van der Waals surface area contributed by atoms with Crippen molar-refractivity contribution >= 4 is 29.1 Å². The fraction of sp³-hybridized carbons (Fsp3) is 0.0769. The number of fused-ring (bicyclic) bond motifs is 1. The maximum Gasteiger partial charge on any atom is 0.323 e. The molecule has 0 spiro atoms. The largest absolute Gasteiger partial charge is 0.379 e. The molecule has 2 aromatic heterocycles. The monoisotopic (exact) mass is 276 g/mol. The first-order valence-corrected chi connectivity index (χ1v) is 5.67. The van der Waals surface area contributed by atoms with Gasteiger partial charge in [0.05, 0.1) is 23.3 Å². The van der Waals surface area contributed by atoms with E-state index in [0.29, 0.717) is 6.54 Å². The average molecular weight is 277 g/mol. The number of hydrogen-bond donors (Lipinski definition) is 3. The third kappa shape index (κ3) is 2.95. The third-order valence-corrected chi connectivity index (χ3v) is 2.72. The van der Waals surface area contributed by atoms with Gasteiger partial charge in [-0.1, -0.05) is 6.07 Å². The molecule has 2 heterocycles. The molecule has 1 aromatic carbocycles. The zero-order chi connectivity index (χ0) is 12.4. The zero-order valence-electron chi connectivity index (χ0n) is 10.0. The van der Waals surface area contributed by atoms with Crippen LogP contribution in [0.2, 0.25) is 0 Å². The second-order valence-corrected chi connectivity index (χ2v) is 4.01. The van der Waals surface area contributed by atoms with Crippen molar-refractivity contribution < 1.29 is 0 Å². The Morgan fingerprint density at radius 2 is 1.95 bits per heavy atom. The number of pyridine rings is 1. The summed E-state index contributed by atoms with van der Waals surface area (Å²) in [6.07, 6.45) is 1.77. The van der Waals surface area contributed by atoms with E-state index >= 15 is 0 Å². The molecule has 6 heteroatoms. The number of benzene rings is 1. The van der Waals surface area contributed by atoms with Gasteiger partial charge in [-0.05, 0) is 30.3 Å². The summed E-state index contributed by atoms with van der Waals surface area (Å²) in [4.78, 5) is 20.8. The summed E-state index contributed by atoms with van der Waals surface area (Å²) < 4.78 is 0. The lowest BCUT2D eigenvalue weighted by Gasteiger charge is -2.05. The Kier molecular flexibility index (Phi) is 3.87. The van der Waals surface area contributed by atoms with Crippen LogP contribution in [-0.4, -0.2) is 15.0 Å². The minimum Gasteiger partial charge on any atom is -0.379 e. The van der Waals surface area contributed by atoms with Crippen molar-refractivity contribution in [3.05, 3.63) is 58.8 Å². The second kappa shape index (κ2) is 5.58. The number of imidazole rings is 1. The molecule has 3 aromatic rings. The number of nitrogens with one attached hydrogen (secondary N) is 3. The van der Waals surface area contributed by atoms with Crippen molar-refractivity contribution in [2.75, 3.05) is 5.32 Å². The molecule has 0 amide bonds. The lowest BCUT2D eigenvalue weighted by Crippen LogP contribution is -2.00. The number of aromatic nitrogens is 3. The Labute approximate surface area is 115 Å². The van der Waals surface area contributed by atoms with Gasteiger partial charge in [0, 0.05) is 11.9 Å². The highest BCUT2D eigenvalue weighted by Crippen LogP contribution is 2.14. The predicted molar refractivity (Wildman–Crippen MR) is 77.7 cm³/mol. The number of H-pyrrole nitrogens is 2. The van der Waals surface area contributed by atoms with Crippen LogP contribution in [0, 0.1) is 0 Å². The Hall–Kier alpha value is -2.27. The molecule has 0 radical (unpaired) electrons. The molecule has 3 N–H and O–H groups in total. The van der Waals surface area contributed by atoms with E-state index < -0.39 is 0 Å². The zero-order valence-corrected chi connectivity index (χ0v) is 10.8. The summed E-state index contributed by atoms with van der Waals surface area (Å²) in [6.45, 7) is 0.654. The van der Waals surface area contributed by atoms with E-state index in [1.807, 2.05) is 36.4 Å². The molecule has 0 atom stereocenters. The topological polar surface area (TPSA) is 73.6 Å². The second-order valence-electron chi connectivity index (χ2n) is 4.01. The van der Waals surface area contributed by atoms with Crippen LogP contribution < -0.4 is 11.0 Å². The molecule has 0 saturated heterocycles. The lowest BCUT2D eigenvalue weighted by molar-refractivity contribution is 1.05. The van der Waals surface area contributed by atoms with Gasteiger partial charge in [-0.15, -0.1) is 12.4 Å². The first-order chi connectivity index (χ1) is 8.81. The van der Waals surface area contributed by atoms with Crippen molar-refractivity contribution in [1.29, 1.82) is 0 Å². The molecule has 19 heavy (non-hydrogen) atoms. The molecule has 5 nitrogen and oxygen atoms in total. The van der Waals surface area contributed by atoms with E-state index in [4.69, 9.17) is 0 Å². The van der Waals surface area contributed by atoms with Crippen LogP contribution >= 0.6 is 12.4 Å². The minimum absolute atomic E-state index is 0. The molecule has 0 fully saturated rings. The molecular formula is C13H13ClN4O. The van der Waals surface area contributed by atoms with E-state index in [9.17, 15) is 4.79 Å². The molecule has 0 unspecified atom stereocenters. The molecule has 0 aliphatic heterocycles. The van der Waals surface area contributed by atoms with Crippen LogP contribution in [0.3, 0.4) is 0 Å².